The first kappa shape index (κ1) is 22.6. The van der Waals surface area contributed by atoms with E-state index in [-0.39, 0.29) is 11.8 Å². The van der Waals surface area contributed by atoms with Gasteiger partial charge in [-0.05, 0) is 68.8 Å². The van der Waals surface area contributed by atoms with Gasteiger partial charge in [0.15, 0.2) is 0 Å². The maximum atomic E-state index is 13.6. The molecule has 1 aromatic carbocycles. The minimum absolute atomic E-state index is 0.173. The van der Waals surface area contributed by atoms with Crippen molar-refractivity contribution >= 4 is 11.5 Å². The maximum Gasteiger partial charge on any atom is 0.250 e. The van der Waals surface area contributed by atoms with Crippen molar-refractivity contribution in [2.45, 2.75) is 52.0 Å². The number of piperidine rings is 1. The third-order valence-electron chi connectivity index (χ3n) is 7.72. The molecule has 3 heterocycles. The standard InChI is InChI=1S/C28H33N5O/c1-18-14-19(2)24(15-23(18)27-30-25-10-11-32(3)17-26(25)31-27)28(34)33-12-8-22(9-13-33)21-6-4-20(16-29)5-7-21/h4-7,15,19,22H,8-14,17H2,1-3H3,(H,30,31). The van der Waals surface area contributed by atoms with E-state index in [2.05, 4.69) is 55.1 Å². The smallest absolute Gasteiger partial charge is 0.250 e. The number of carbonyl (C=O) groups excluding carboxylic acids is 1. The molecule has 3 aliphatic rings. The molecule has 2 aromatic rings. The highest BCUT2D eigenvalue weighted by Gasteiger charge is 2.31. The molecule has 1 unspecified atom stereocenters. The lowest BCUT2D eigenvalue weighted by atomic mass is 9.83. The highest BCUT2D eigenvalue weighted by molar-refractivity contribution is 5.98. The van der Waals surface area contributed by atoms with E-state index in [0.29, 0.717) is 11.5 Å². The van der Waals surface area contributed by atoms with Crippen LogP contribution in [0, 0.1) is 17.2 Å². The zero-order chi connectivity index (χ0) is 23.8. The summed E-state index contributed by atoms with van der Waals surface area (Å²) < 4.78 is 0. The highest BCUT2D eigenvalue weighted by Crippen LogP contribution is 2.36. The monoisotopic (exact) mass is 455 g/mol. The van der Waals surface area contributed by atoms with Crippen molar-refractivity contribution in [2.75, 3.05) is 26.7 Å². The quantitative estimate of drug-likeness (QED) is 0.744. The number of nitriles is 1. The average Bonchev–Trinajstić information content (AvgIpc) is 3.27. The van der Waals surface area contributed by atoms with E-state index >= 15 is 0 Å². The van der Waals surface area contributed by atoms with E-state index in [9.17, 15) is 4.79 Å². The number of nitrogens with zero attached hydrogens (tertiary/aromatic N) is 4. The first-order valence-electron chi connectivity index (χ1n) is 12.4. The molecule has 2 aliphatic heterocycles. The van der Waals surface area contributed by atoms with Crippen LogP contribution in [-0.4, -0.2) is 52.4 Å². The lowest BCUT2D eigenvalue weighted by Crippen LogP contribution is -2.40. The predicted octanol–water partition coefficient (Wildman–Crippen LogP) is 4.42. The van der Waals surface area contributed by atoms with Gasteiger partial charge in [0.2, 0.25) is 5.91 Å². The van der Waals surface area contributed by atoms with Crippen LogP contribution in [-0.2, 0) is 17.8 Å². The molecule has 34 heavy (non-hydrogen) atoms. The summed E-state index contributed by atoms with van der Waals surface area (Å²) in [5.74, 6) is 1.74. The van der Waals surface area contributed by atoms with Crippen LogP contribution >= 0.6 is 0 Å². The van der Waals surface area contributed by atoms with Gasteiger partial charge in [-0.15, -0.1) is 0 Å². The van der Waals surface area contributed by atoms with E-state index in [1.807, 2.05) is 17.0 Å². The second-order valence-corrected chi connectivity index (χ2v) is 10.2. The zero-order valence-electron chi connectivity index (χ0n) is 20.4. The van der Waals surface area contributed by atoms with E-state index < -0.39 is 0 Å². The molecule has 0 spiro atoms. The van der Waals surface area contributed by atoms with Gasteiger partial charge >= 0.3 is 0 Å². The molecule has 6 nitrogen and oxygen atoms in total. The molecule has 1 aliphatic carbocycles. The van der Waals surface area contributed by atoms with Gasteiger partial charge in [0.05, 0.1) is 23.0 Å². The summed E-state index contributed by atoms with van der Waals surface area (Å²) in [6.45, 7) is 7.80. The van der Waals surface area contributed by atoms with Gasteiger partial charge in [-0.3, -0.25) is 4.79 Å². The fourth-order valence-electron chi connectivity index (χ4n) is 5.63. The number of aromatic nitrogens is 2. The third kappa shape index (κ3) is 4.33. The number of rotatable bonds is 3. The number of fused-ring (bicyclic) bond motifs is 1. The summed E-state index contributed by atoms with van der Waals surface area (Å²) in [5.41, 5.74) is 7.62. The van der Waals surface area contributed by atoms with Gasteiger partial charge in [-0.1, -0.05) is 24.6 Å². The Bertz CT molecular complexity index is 1190. The SMILES string of the molecule is CC1=C(c2nc3c([nH]2)CN(C)CC3)C=C(C(=O)N2CCC(c3ccc(C#N)cc3)CC2)C(C)C1. The summed E-state index contributed by atoms with van der Waals surface area (Å²) in [7, 11) is 2.14. The Morgan fingerprint density at radius 2 is 1.91 bits per heavy atom. The molecule has 1 aromatic heterocycles. The molecule has 5 rings (SSSR count). The van der Waals surface area contributed by atoms with Gasteiger partial charge in [0.25, 0.3) is 0 Å². The van der Waals surface area contributed by atoms with Gasteiger partial charge in [0.1, 0.15) is 5.82 Å². The number of hydrogen-bond acceptors (Lipinski definition) is 4. The third-order valence-corrected chi connectivity index (χ3v) is 7.72. The summed E-state index contributed by atoms with van der Waals surface area (Å²) >= 11 is 0. The van der Waals surface area contributed by atoms with Crippen LogP contribution in [0.4, 0.5) is 0 Å². The molecule has 1 fully saturated rings. The van der Waals surface area contributed by atoms with Gasteiger partial charge in [-0.2, -0.15) is 5.26 Å². The van der Waals surface area contributed by atoms with Crippen molar-refractivity contribution in [3.05, 3.63) is 69.8 Å². The Hall–Kier alpha value is -3.17. The minimum atomic E-state index is 0.173. The molecule has 6 heteroatoms. The number of aromatic amines is 1. The number of nitrogens with one attached hydrogen (secondary N) is 1. The Balaban J connectivity index is 1.31. The van der Waals surface area contributed by atoms with Gasteiger partial charge < -0.3 is 14.8 Å². The van der Waals surface area contributed by atoms with Crippen LogP contribution in [0.5, 0.6) is 0 Å². The van der Waals surface area contributed by atoms with Crippen molar-refractivity contribution in [1.29, 1.82) is 5.26 Å². The second-order valence-electron chi connectivity index (χ2n) is 10.2. The Labute approximate surface area is 202 Å². The van der Waals surface area contributed by atoms with Crippen LogP contribution in [0.2, 0.25) is 0 Å². The second kappa shape index (κ2) is 9.23. The Kier molecular flexibility index (Phi) is 6.14. The Morgan fingerprint density at radius 1 is 1.18 bits per heavy atom. The van der Waals surface area contributed by atoms with Gasteiger partial charge in [0, 0.05) is 43.7 Å². The van der Waals surface area contributed by atoms with Crippen LogP contribution in [0.3, 0.4) is 0 Å². The van der Waals surface area contributed by atoms with Crippen LogP contribution in [0.25, 0.3) is 5.57 Å². The van der Waals surface area contributed by atoms with Crippen molar-refractivity contribution in [3.63, 3.8) is 0 Å². The summed E-state index contributed by atoms with van der Waals surface area (Å²) in [4.78, 5) is 26.4. The first-order chi connectivity index (χ1) is 16.4. The molecule has 1 atom stereocenters. The van der Waals surface area contributed by atoms with Crippen molar-refractivity contribution in [3.8, 4) is 6.07 Å². The van der Waals surface area contributed by atoms with E-state index in [4.69, 9.17) is 10.2 Å². The van der Waals surface area contributed by atoms with E-state index in [0.717, 1.165) is 74.5 Å². The fourth-order valence-corrected chi connectivity index (χ4v) is 5.63. The number of H-pyrrole nitrogens is 1. The summed E-state index contributed by atoms with van der Waals surface area (Å²) in [6, 6.07) is 10.1. The molecule has 0 saturated carbocycles. The molecule has 176 valence electrons. The van der Waals surface area contributed by atoms with Crippen molar-refractivity contribution in [2.24, 2.45) is 5.92 Å². The number of carbonyl (C=O) groups is 1. The Morgan fingerprint density at radius 3 is 2.62 bits per heavy atom. The normalized spacial score (nSPS) is 21.8. The van der Waals surface area contributed by atoms with E-state index in [1.165, 1.54) is 16.8 Å². The van der Waals surface area contributed by atoms with Gasteiger partial charge in [-0.25, -0.2) is 4.98 Å². The number of likely N-dealkylation sites (tertiary alicyclic amines) is 1. The lowest BCUT2D eigenvalue weighted by Gasteiger charge is -2.34. The molecule has 1 amide bonds. The van der Waals surface area contributed by atoms with Crippen molar-refractivity contribution < 1.29 is 4.79 Å². The van der Waals surface area contributed by atoms with E-state index in [1.54, 1.807) is 0 Å². The summed E-state index contributed by atoms with van der Waals surface area (Å²) in [5, 5.41) is 9.03. The molecule has 1 saturated heterocycles. The zero-order valence-corrected chi connectivity index (χ0v) is 20.4. The number of benzene rings is 1. The number of imidazole rings is 1. The molecule has 1 N–H and O–H groups in total. The largest absolute Gasteiger partial charge is 0.341 e. The molecular weight excluding hydrogens is 422 g/mol. The summed E-state index contributed by atoms with van der Waals surface area (Å²) in [6.07, 6.45) is 5.88. The fraction of sp³-hybridized carbons (Fsp3) is 0.464. The molecule has 0 radical (unpaired) electrons. The molecule has 0 bridgehead atoms. The van der Waals surface area contributed by atoms with Crippen molar-refractivity contribution in [1.82, 2.24) is 19.8 Å². The van der Waals surface area contributed by atoms with Crippen LogP contribution in [0.15, 0.2) is 41.5 Å². The maximum absolute atomic E-state index is 13.6. The number of allylic oxidation sites excluding steroid dienone is 3. The predicted molar refractivity (Wildman–Crippen MR) is 133 cm³/mol. The minimum Gasteiger partial charge on any atom is -0.341 e. The highest BCUT2D eigenvalue weighted by atomic mass is 16.2. The number of likely N-dealkylation sites (N-methyl/N-ethyl adjacent to an activating group) is 1. The first-order valence-corrected chi connectivity index (χ1v) is 12.4. The average molecular weight is 456 g/mol. The number of hydrogen-bond donors (Lipinski definition) is 1. The lowest BCUT2D eigenvalue weighted by molar-refractivity contribution is -0.128. The topological polar surface area (TPSA) is 76.0 Å². The molecular formula is C28H33N5O. The number of amides is 1. The van der Waals surface area contributed by atoms with Crippen LogP contribution in [0.1, 0.15) is 67.4 Å². The van der Waals surface area contributed by atoms with Crippen LogP contribution < -0.4 is 0 Å².